The summed E-state index contributed by atoms with van der Waals surface area (Å²) in [5, 5.41) is 9.98. The van der Waals surface area contributed by atoms with E-state index in [1.54, 1.807) is 4.68 Å². The number of aryl methyl sites for hydroxylation is 2. The quantitative estimate of drug-likeness (QED) is 0.735. The Morgan fingerprint density at radius 3 is 2.79 bits per heavy atom. The van der Waals surface area contributed by atoms with Crippen molar-refractivity contribution in [1.82, 2.24) is 25.0 Å². The highest BCUT2D eigenvalue weighted by Crippen LogP contribution is 2.14. The molecule has 2 rings (SSSR count). The second-order valence-electron chi connectivity index (χ2n) is 3.01. The Balaban J connectivity index is 2.50. The molecule has 2 heterocycles. The average Bonchev–Trinajstić information content (AvgIpc) is 2.71. The van der Waals surface area contributed by atoms with Gasteiger partial charge in [0, 0.05) is 7.05 Å². The minimum atomic E-state index is 0.458. The Hall–Kier alpha value is -1.43. The molecule has 0 aliphatic heterocycles. The largest absolute Gasteiger partial charge is 0.280 e. The number of nitrogens with zero attached hydrogens (tertiary/aromatic N) is 3. The minimum Gasteiger partial charge on any atom is -0.280 e. The standard InChI is InChI=1S/C8H11N5S/c1-3-5-4-6(13(2)12-5)7-9-8(14)11-10-7/h4H,3H2,1-2H3,(H2,9,10,11,14). The van der Waals surface area contributed by atoms with E-state index in [9.17, 15) is 0 Å². The van der Waals surface area contributed by atoms with Crippen molar-refractivity contribution < 1.29 is 0 Å². The molecular weight excluding hydrogens is 198 g/mol. The molecule has 6 heteroatoms. The highest BCUT2D eigenvalue weighted by molar-refractivity contribution is 7.71. The van der Waals surface area contributed by atoms with Gasteiger partial charge in [-0.05, 0) is 24.7 Å². The van der Waals surface area contributed by atoms with Gasteiger partial charge in [-0.15, -0.1) is 0 Å². The lowest BCUT2D eigenvalue weighted by atomic mass is 10.3. The molecule has 74 valence electrons. The van der Waals surface area contributed by atoms with E-state index in [4.69, 9.17) is 12.2 Å². The van der Waals surface area contributed by atoms with Crippen LogP contribution in [0.5, 0.6) is 0 Å². The van der Waals surface area contributed by atoms with E-state index in [0.717, 1.165) is 23.6 Å². The van der Waals surface area contributed by atoms with Crippen molar-refractivity contribution in [3.8, 4) is 11.5 Å². The van der Waals surface area contributed by atoms with Gasteiger partial charge in [-0.1, -0.05) is 6.92 Å². The van der Waals surface area contributed by atoms with Crippen LogP contribution in [0.4, 0.5) is 0 Å². The van der Waals surface area contributed by atoms with E-state index in [1.807, 2.05) is 13.1 Å². The first-order chi connectivity index (χ1) is 6.70. The summed E-state index contributed by atoms with van der Waals surface area (Å²) >= 11 is 4.88. The zero-order valence-corrected chi connectivity index (χ0v) is 8.85. The van der Waals surface area contributed by atoms with E-state index in [0.29, 0.717) is 4.77 Å². The zero-order chi connectivity index (χ0) is 10.1. The van der Waals surface area contributed by atoms with Gasteiger partial charge < -0.3 is 0 Å². The summed E-state index contributed by atoms with van der Waals surface area (Å²) in [6.07, 6.45) is 0.916. The number of nitrogens with one attached hydrogen (secondary N) is 2. The summed E-state index contributed by atoms with van der Waals surface area (Å²) in [5.74, 6) is 0.727. The van der Waals surface area contributed by atoms with Crippen molar-refractivity contribution >= 4 is 12.2 Å². The maximum absolute atomic E-state index is 4.88. The second-order valence-corrected chi connectivity index (χ2v) is 3.40. The van der Waals surface area contributed by atoms with Crippen LogP contribution in [0.3, 0.4) is 0 Å². The van der Waals surface area contributed by atoms with Crippen molar-refractivity contribution in [2.24, 2.45) is 7.05 Å². The second kappa shape index (κ2) is 3.38. The minimum absolute atomic E-state index is 0.458. The summed E-state index contributed by atoms with van der Waals surface area (Å²) in [5.41, 5.74) is 1.99. The molecule has 0 radical (unpaired) electrons. The van der Waals surface area contributed by atoms with E-state index >= 15 is 0 Å². The van der Waals surface area contributed by atoms with Crippen LogP contribution < -0.4 is 0 Å². The third-order valence-corrected chi connectivity index (χ3v) is 2.23. The molecule has 0 aromatic carbocycles. The van der Waals surface area contributed by atoms with Gasteiger partial charge in [0.15, 0.2) is 5.82 Å². The smallest absolute Gasteiger partial charge is 0.213 e. The highest BCUT2D eigenvalue weighted by atomic mass is 32.1. The van der Waals surface area contributed by atoms with Crippen LogP contribution in [0, 0.1) is 4.77 Å². The molecule has 2 aromatic heterocycles. The molecule has 14 heavy (non-hydrogen) atoms. The van der Waals surface area contributed by atoms with E-state index < -0.39 is 0 Å². The molecule has 0 amide bonds. The number of hydrogen-bond donors (Lipinski definition) is 2. The lowest BCUT2D eigenvalue weighted by molar-refractivity contribution is 0.748. The maximum atomic E-state index is 4.88. The first kappa shape index (κ1) is 9.14. The van der Waals surface area contributed by atoms with E-state index in [-0.39, 0.29) is 0 Å². The molecule has 0 fully saturated rings. The fourth-order valence-electron chi connectivity index (χ4n) is 1.31. The number of rotatable bonds is 2. The Labute approximate surface area is 86.2 Å². The summed E-state index contributed by atoms with van der Waals surface area (Å²) in [6, 6.07) is 2.00. The van der Waals surface area contributed by atoms with E-state index in [1.165, 1.54) is 0 Å². The Kier molecular flexibility index (Phi) is 2.20. The van der Waals surface area contributed by atoms with Crippen molar-refractivity contribution in [3.05, 3.63) is 16.5 Å². The molecule has 0 saturated carbocycles. The SMILES string of the molecule is CCc1cc(-c2nc(=S)[nH][nH]2)n(C)n1. The molecule has 0 aliphatic carbocycles. The van der Waals surface area contributed by atoms with Crippen LogP contribution in [0.1, 0.15) is 12.6 Å². The molecule has 0 saturated heterocycles. The van der Waals surface area contributed by atoms with Crippen LogP contribution in [0.25, 0.3) is 11.5 Å². The third-order valence-electron chi connectivity index (χ3n) is 2.04. The monoisotopic (exact) mass is 209 g/mol. The van der Waals surface area contributed by atoms with Gasteiger partial charge in [0.25, 0.3) is 0 Å². The predicted octanol–water partition coefficient (Wildman–Crippen LogP) is 1.43. The summed E-state index contributed by atoms with van der Waals surface area (Å²) in [4.78, 5) is 4.13. The van der Waals surface area contributed by atoms with Crippen molar-refractivity contribution in [2.45, 2.75) is 13.3 Å². The van der Waals surface area contributed by atoms with Crippen molar-refractivity contribution in [1.29, 1.82) is 0 Å². The Bertz CT molecular complexity index is 492. The number of aromatic amines is 2. The third kappa shape index (κ3) is 1.48. The molecule has 2 aromatic rings. The van der Waals surface area contributed by atoms with Crippen LogP contribution in [-0.2, 0) is 13.5 Å². The zero-order valence-electron chi connectivity index (χ0n) is 8.03. The van der Waals surface area contributed by atoms with Gasteiger partial charge in [-0.2, -0.15) is 10.1 Å². The molecule has 0 aliphatic rings. The maximum Gasteiger partial charge on any atom is 0.213 e. The number of hydrogen-bond acceptors (Lipinski definition) is 3. The number of H-pyrrole nitrogens is 2. The Morgan fingerprint density at radius 1 is 1.50 bits per heavy atom. The van der Waals surface area contributed by atoms with Crippen LogP contribution in [0.2, 0.25) is 0 Å². The molecule has 0 unspecified atom stereocenters. The highest BCUT2D eigenvalue weighted by Gasteiger charge is 2.08. The number of aromatic nitrogens is 5. The molecule has 0 spiro atoms. The topological polar surface area (TPSA) is 62.3 Å². The van der Waals surface area contributed by atoms with Crippen LogP contribution in [-0.4, -0.2) is 25.0 Å². The summed E-state index contributed by atoms with van der Waals surface area (Å²) < 4.78 is 2.25. The van der Waals surface area contributed by atoms with Gasteiger partial charge in [-0.25, -0.2) is 0 Å². The van der Waals surface area contributed by atoms with Crippen molar-refractivity contribution in [3.63, 3.8) is 0 Å². The average molecular weight is 209 g/mol. The van der Waals surface area contributed by atoms with Gasteiger partial charge in [0.2, 0.25) is 4.77 Å². The first-order valence-corrected chi connectivity index (χ1v) is 4.79. The van der Waals surface area contributed by atoms with Crippen LogP contribution in [0.15, 0.2) is 6.07 Å². The fourth-order valence-corrected chi connectivity index (χ4v) is 1.45. The molecule has 0 bridgehead atoms. The van der Waals surface area contributed by atoms with Gasteiger partial charge in [0.1, 0.15) is 5.69 Å². The first-order valence-electron chi connectivity index (χ1n) is 4.38. The molecular formula is C8H11N5S. The van der Waals surface area contributed by atoms with Gasteiger partial charge in [0.05, 0.1) is 5.69 Å². The normalized spacial score (nSPS) is 10.7. The Morgan fingerprint density at radius 2 is 2.29 bits per heavy atom. The predicted molar refractivity (Wildman–Crippen MR) is 55.4 cm³/mol. The fraction of sp³-hybridized carbons (Fsp3) is 0.375. The molecule has 0 atom stereocenters. The van der Waals surface area contributed by atoms with Gasteiger partial charge in [-0.3, -0.25) is 14.9 Å². The summed E-state index contributed by atoms with van der Waals surface area (Å²) in [6.45, 7) is 2.07. The lowest BCUT2D eigenvalue weighted by Crippen LogP contribution is -1.95. The van der Waals surface area contributed by atoms with E-state index in [2.05, 4.69) is 27.2 Å². The molecule has 5 nitrogen and oxygen atoms in total. The summed E-state index contributed by atoms with van der Waals surface area (Å²) in [7, 11) is 1.89. The van der Waals surface area contributed by atoms with Crippen molar-refractivity contribution in [2.75, 3.05) is 0 Å². The lowest BCUT2D eigenvalue weighted by Gasteiger charge is -1.94. The van der Waals surface area contributed by atoms with Crippen LogP contribution >= 0.6 is 12.2 Å². The van der Waals surface area contributed by atoms with Gasteiger partial charge >= 0.3 is 0 Å². The molecule has 2 N–H and O–H groups in total.